The van der Waals surface area contributed by atoms with Crippen LogP contribution in [0.25, 0.3) is 11.3 Å². The monoisotopic (exact) mass is 174 g/mol. The fourth-order valence-electron chi connectivity index (χ4n) is 1.13. The molecule has 2 aromatic heterocycles. The summed E-state index contributed by atoms with van der Waals surface area (Å²) in [6, 6.07) is 5.77. The number of nitrogens with zero attached hydrogens (tertiary/aromatic N) is 2. The quantitative estimate of drug-likeness (QED) is 0.711. The fourth-order valence-corrected chi connectivity index (χ4v) is 1.13. The van der Waals surface area contributed by atoms with Crippen molar-refractivity contribution >= 4 is 0 Å². The summed E-state index contributed by atoms with van der Waals surface area (Å²) in [7, 11) is 0. The van der Waals surface area contributed by atoms with E-state index in [9.17, 15) is 0 Å². The van der Waals surface area contributed by atoms with Crippen molar-refractivity contribution in [3.8, 4) is 11.3 Å². The van der Waals surface area contributed by atoms with E-state index in [1.165, 1.54) is 0 Å². The lowest BCUT2D eigenvalue weighted by Gasteiger charge is -1.91. The first-order chi connectivity index (χ1) is 6.40. The molecule has 0 aromatic carbocycles. The van der Waals surface area contributed by atoms with Crippen molar-refractivity contribution in [1.82, 2.24) is 15.2 Å². The molecule has 66 valence electrons. The van der Waals surface area contributed by atoms with Crippen LogP contribution in [0.5, 0.6) is 0 Å². The Hall–Kier alpha value is -1.68. The minimum Gasteiger partial charge on any atom is -0.325 e. The van der Waals surface area contributed by atoms with E-state index in [4.69, 9.17) is 5.73 Å². The summed E-state index contributed by atoms with van der Waals surface area (Å²) in [6.45, 7) is 0.479. The van der Waals surface area contributed by atoms with Crippen LogP contribution in [0, 0.1) is 0 Å². The van der Waals surface area contributed by atoms with Crippen LogP contribution in [0.1, 0.15) is 5.69 Å². The van der Waals surface area contributed by atoms with Crippen molar-refractivity contribution in [2.45, 2.75) is 6.54 Å². The Labute approximate surface area is 75.8 Å². The molecule has 3 N–H and O–H groups in total. The SMILES string of the molecule is NCc1cc(-c2cccnc2)n[nH]1. The number of H-pyrrole nitrogens is 1. The van der Waals surface area contributed by atoms with Crippen LogP contribution < -0.4 is 5.73 Å². The van der Waals surface area contributed by atoms with Gasteiger partial charge in [0.05, 0.1) is 5.69 Å². The van der Waals surface area contributed by atoms with Crippen molar-refractivity contribution in [2.24, 2.45) is 5.73 Å². The molecule has 4 nitrogen and oxygen atoms in total. The van der Waals surface area contributed by atoms with Crippen molar-refractivity contribution < 1.29 is 0 Å². The number of pyridine rings is 1. The summed E-state index contributed by atoms with van der Waals surface area (Å²) < 4.78 is 0. The van der Waals surface area contributed by atoms with Gasteiger partial charge in [-0.25, -0.2) is 0 Å². The van der Waals surface area contributed by atoms with E-state index in [1.54, 1.807) is 12.4 Å². The molecular formula is C9H10N4. The van der Waals surface area contributed by atoms with Crippen LogP contribution >= 0.6 is 0 Å². The zero-order valence-corrected chi connectivity index (χ0v) is 7.07. The maximum atomic E-state index is 5.45. The summed E-state index contributed by atoms with van der Waals surface area (Å²) in [4.78, 5) is 4.01. The molecule has 0 amide bonds. The first-order valence-corrected chi connectivity index (χ1v) is 4.05. The summed E-state index contributed by atoms with van der Waals surface area (Å²) >= 11 is 0. The lowest BCUT2D eigenvalue weighted by molar-refractivity contribution is 0.948. The Morgan fingerprint density at radius 1 is 1.46 bits per heavy atom. The van der Waals surface area contributed by atoms with Gasteiger partial charge in [-0.2, -0.15) is 5.10 Å². The van der Waals surface area contributed by atoms with E-state index in [0.29, 0.717) is 6.54 Å². The highest BCUT2D eigenvalue weighted by molar-refractivity contribution is 5.57. The maximum Gasteiger partial charge on any atom is 0.0939 e. The number of nitrogens with one attached hydrogen (secondary N) is 1. The fraction of sp³-hybridized carbons (Fsp3) is 0.111. The van der Waals surface area contributed by atoms with Gasteiger partial charge in [0.25, 0.3) is 0 Å². The molecule has 0 atom stereocenters. The molecule has 0 aliphatic rings. The Bertz CT molecular complexity index is 380. The van der Waals surface area contributed by atoms with Gasteiger partial charge in [-0.15, -0.1) is 0 Å². The number of rotatable bonds is 2. The van der Waals surface area contributed by atoms with Crippen LogP contribution in [0.4, 0.5) is 0 Å². The molecule has 0 saturated carbocycles. The molecule has 2 aromatic rings. The second-order valence-corrected chi connectivity index (χ2v) is 2.72. The Morgan fingerprint density at radius 3 is 3.00 bits per heavy atom. The minimum atomic E-state index is 0.479. The molecule has 2 heterocycles. The lowest BCUT2D eigenvalue weighted by atomic mass is 10.2. The van der Waals surface area contributed by atoms with E-state index in [2.05, 4.69) is 15.2 Å². The summed E-state index contributed by atoms with van der Waals surface area (Å²) in [5.74, 6) is 0. The molecule has 0 radical (unpaired) electrons. The van der Waals surface area contributed by atoms with Gasteiger partial charge >= 0.3 is 0 Å². The van der Waals surface area contributed by atoms with Gasteiger partial charge < -0.3 is 5.73 Å². The van der Waals surface area contributed by atoms with Gasteiger partial charge in [-0.1, -0.05) is 0 Å². The van der Waals surface area contributed by atoms with Crippen LogP contribution in [0.15, 0.2) is 30.6 Å². The average molecular weight is 174 g/mol. The molecule has 0 bridgehead atoms. The van der Waals surface area contributed by atoms with E-state index < -0.39 is 0 Å². The largest absolute Gasteiger partial charge is 0.325 e. The molecule has 0 aliphatic carbocycles. The highest BCUT2D eigenvalue weighted by atomic mass is 15.1. The third-order valence-corrected chi connectivity index (χ3v) is 1.81. The van der Waals surface area contributed by atoms with Gasteiger partial charge in [-0.3, -0.25) is 10.1 Å². The van der Waals surface area contributed by atoms with Crippen LogP contribution in [-0.2, 0) is 6.54 Å². The van der Waals surface area contributed by atoms with E-state index in [-0.39, 0.29) is 0 Å². The highest BCUT2D eigenvalue weighted by Gasteiger charge is 2.01. The number of nitrogens with two attached hydrogens (primary N) is 1. The average Bonchev–Trinajstić information content (AvgIpc) is 2.67. The zero-order chi connectivity index (χ0) is 9.10. The smallest absolute Gasteiger partial charge is 0.0939 e. The van der Waals surface area contributed by atoms with Crippen LogP contribution in [0.3, 0.4) is 0 Å². The topological polar surface area (TPSA) is 67.6 Å². The van der Waals surface area contributed by atoms with E-state index >= 15 is 0 Å². The summed E-state index contributed by atoms with van der Waals surface area (Å²) in [5.41, 5.74) is 8.27. The first kappa shape index (κ1) is 7.94. The van der Waals surface area contributed by atoms with Gasteiger partial charge in [0.15, 0.2) is 0 Å². The first-order valence-electron chi connectivity index (χ1n) is 4.05. The number of hydrogen-bond acceptors (Lipinski definition) is 3. The molecule has 0 saturated heterocycles. The standard InChI is InChI=1S/C9H10N4/c10-5-8-4-9(13-12-8)7-2-1-3-11-6-7/h1-4,6H,5,10H2,(H,12,13). The molecule has 0 spiro atoms. The molecular weight excluding hydrogens is 164 g/mol. The molecule has 13 heavy (non-hydrogen) atoms. The zero-order valence-electron chi connectivity index (χ0n) is 7.07. The number of aromatic nitrogens is 3. The van der Waals surface area contributed by atoms with Crippen LogP contribution in [0.2, 0.25) is 0 Å². The number of hydrogen-bond donors (Lipinski definition) is 2. The predicted molar refractivity (Wildman–Crippen MR) is 49.7 cm³/mol. The third-order valence-electron chi connectivity index (χ3n) is 1.81. The molecule has 0 aliphatic heterocycles. The predicted octanol–water partition coefficient (Wildman–Crippen LogP) is 0.930. The van der Waals surface area contributed by atoms with Crippen molar-refractivity contribution in [1.29, 1.82) is 0 Å². The van der Waals surface area contributed by atoms with Crippen molar-refractivity contribution in [3.63, 3.8) is 0 Å². The molecule has 0 fully saturated rings. The summed E-state index contributed by atoms with van der Waals surface area (Å²) in [5, 5.41) is 6.96. The molecule has 0 unspecified atom stereocenters. The highest BCUT2D eigenvalue weighted by Crippen LogP contribution is 2.15. The van der Waals surface area contributed by atoms with E-state index in [0.717, 1.165) is 17.0 Å². The van der Waals surface area contributed by atoms with Crippen molar-refractivity contribution in [2.75, 3.05) is 0 Å². The second-order valence-electron chi connectivity index (χ2n) is 2.72. The van der Waals surface area contributed by atoms with E-state index in [1.807, 2.05) is 18.2 Å². The molecule has 2 rings (SSSR count). The number of aromatic amines is 1. The molecule has 4 heteroatoms. The Balaban J connectivity index is 2.36. The van der Waals surface area contributed by atoms with Gasteiger partial charge in [-0.05, 0) is 18.2 Å². The maximum absolute atomic E-state index is 5.45. The summed E-state index contributed by atoms with van der Waals surface area (Å²) in [6.07, 6.45) is 3.51. The van der Waals surface area contributed by atoms with Gasteiger partial charge in [0, 0.05) is 30.2 Å². The Morgan fingerprint density at radius 2 is 2.38 bits per heavy atom. The van der Waals surface area contributed by atoms with Crippen molar-refractivity contribution in [3.05, 3.63) is 36.3 Å². The van der Waals surface area contributed by atoms with Gasteiger partial charge in [0.1, 0.15) is 0 Å². The van der Waals surface area contributed by atoms with Gasteiger partial charge in [0.2, 0.25) is 0 Å². The second kappa shape index (κ2) is 3.37. The normalized spacial score (nSPS) is 10.2. The lowest BCUT2D eigenvalue weighted by Crippen LogP contribution is -1.95. The minimum absolute atomic E-state index is 0.479. The third kappa shape index (κ3) is 1.57. The van der Waals surface area contributed by atoms with Crippen LogP contribution in [-0.4, -0.2) is 15.2 Å². The Kier molecular flexibility index (Phi) is 2.06.